The Kier molecular flexibility index (Phi) is 5.51. The van der Waals surface area contributed by atoms with Crippen molar-refractivity contribution < 1.29 is 19.0 Å². The maximum atomic E-state index is 12.8. The van der Waals surface area contributed by atoms with Gasteiger partial charge in [0, 0.05) is 29.9 Å². The second-order valence-electron chi connectivity index (χ2n) is 7.37. The van der Waals surface area contributed by atoms with Crippen molar-refractivity contribution >= 4 is 40.0 Å². The van der Waals surface area contributed by atoms with Gasteiger partial charge in [-0.15, -0.1) is 0 Å². The number of aromatic amines is 1. The molecule has 0 saturated heterocycles. The third-order valence-electron chi connectivity index (χ3n) is 5.42. The Hall–Kier alpha value is -3.78. The molecule has 1 aliphatic rings. The summed E-state index contributed by atoms with van der Waals surface area (Å²) in [6, 6.07) is 10.9. The van der Waals surface area contributed by atoms with E-state index >= 15 is 0 Å². The standard InChI is InChI=1S/C24H21ClN4O4/c1-3-32-18-8-7-16-20(29-18)13(9-11-26-16)21-22(19-15(27-21)10-12-33-24(19)30)28-17-6-4-5-14(25)23(17)31-2/h4-9,11,27-28H,3,10,12H2,1-2H3. The number of fused-ring (bicyclic) bond motifs is 2. The fraction of sp³-hybridized carbons (Fsp3) is 0.208. The van der Waals surface area contributed by atoms with Gasteiger partial charge in [-0.1, -0.05) is 17.7 Å². The molecule has 0 aliphatic carbocycles. The number of nitrogens with zero attached hydrogens (tertiary/aromatic N) is 2. The predicted molar refractivity (Wildman–Crippen MR) is 126 cm³/mol. The molecule has 1 aliphatic heterocycles. The second-order valence-corrected chi connectivity index (χ2v) is 7.78. The van der Waals surface area contributed by atoms with Gasteiger partial charge < -0.3 is 24.5 Å². The number of nitrogens with one attached hydrogen (secondary N) is 2. The van der Waals surface area contributed by atoms with Crippen molar-refractivity contribution in [3.8, 4) is 22.9 Å². The van der Waals surface area contributed by atoms with Gasteiger partial charge in [-0.05, 0) is 31.2 Å². The number of anilines is 2. The first kappa shape index (κ1) is 21.1. The first-order valence-corrected chi connectivity index (χ1v) is 10.9. The molecule has 0 atom stereocenters. The normalized spacial score (nSPS) is 12.9. The molecule has 1 aromatic carbocycles. The van der Waals surface area contributed by atoms with Crippen LogP contribution in [-0.4, -0.2) is 41.2 Å². The number of esters is 1. The van der Waals surface area contributed by atoms with Gasteiger partial charge in [-0.3, -0.25) is 4.98 Å². The lowest BCUT2D eigenvalue weighted by atomic mass is 10.1. The number of hydrogen-bond acceptors (Lipinski definition) is 7. The molecule has 33 heavy (non-hydrogen) atoms. The molecule has 0 radical (unpaired) electrons. The van der Waals surface area contributed by atoms with E-state index in [1.54, 1.807) is 25.4 Å². The van der Waals surface area contributed by atoms with E-state index in [4.69, 9.17) is 25.8 Å². The molecule has 0 saturated carbocycles. The average Bonchev–Trinajstić information content (AvgIpc) is 3.18. The van der Waals surface area contributed by atoms with Gasteiger partial charge >= 0.3 is 5.97 Å². The largest absolute Gasteiger partial charge is 0.493 e. The maximum Gasteiger partial charge on any atom is 0.342 e. The van der Waals surface area contributed by atoms with Crippen molar-refractivity contribution in [1.82, 2.24) is 15.0 Å². The minimum absolute atomic E-state index is 0.315. The van der Waals surface area contributed by atoms with Crippen LogP contribution in [0, 0.1) is 0 Å². The molecule has 9 heteroatoms. The fourth-order valence-electron chi connectivity index (χ4n) is 4.00. The number of aromatic nitrogens is 3. The highest BCUT2D eigenvalue weighted by Gasteiger charge is 2.30. The number of pyridine rings is 2. The number of hydrogen-bond donors (Lipinski definition) is 2. The monoisotopic (exact) mass is 464 g/mol. The zero-order valence-electron chi connectivity index (χ0n) is 18.1. The zero-order chi connectivity index (χ0) is 22.9. The molecule has 0 amide bonds. The molecule has 0 fully saturated rings. The van der Waals surface area contributed by atoms with Gasteiger partial charge in [-0.25, -0.2) is 9.78 Å². The van der Waals surface area contributed by atoms with Crippen molar-refractivity contribution in [3.05, 3.63) is 58.9 Å². The zero-order valence-corrected chi connectivity index (χ0v) is 18.8. The Morgan fingerprint density at radius 2 is 2.12 bits per heavy atom. The van der Waals surface area contributed by atoms with Crippen molar-refractivity contribution in [2.45, 2.75) is 13.3 Å². The van der Waals surface area contributed by atoms with Gasteiger partial charge in [0.05, 0.1) is 47.9 Å². The van der Waals surface area contributed by atoms with Gasteiger partial charge in [0.25, 0.3) is 0 Å². The highest BCUT2D eigenvalue weighted by Crippen LogP contribution is 2.42. The van der Waals surface area contributed by atoms with Crippen LogP contribution in [0.4, 0.5) is 11.4 Å². The topological polar surface area (TPSA) is 98.4 Å². The van der Waals surface area contributed by atoms with Gasteiger partial charge in [0.2, 0.25) is 5.88 Å². The lowest BCUT2D eigenvalue weighted by molar-refractivity contribution is 0.0480. The first-order chi connectivity index (χ1) is 16.1. The summed E-state index contributed by atoms with van der Waals surface area (Å²) in [6.45, 7) is 2.72. The molecule has 4 heterocycles. The first-order valence-electron chi connectivity index (χ1n) is 10.5. The number of methoxy groups -OCH3 is 1. The van der Waals surface area contributed by atoms with Crippen LogP contribution < -0.4 is 14.8 Å². The van der Waals surface area contributed by atoms with Crippen LogP contribution in [-0.2, 0) is 11.2 Å². The van der Waals surface area contributed by atoms with E-state index in [9.17, 15) is 4.79 Å². The summed E-state index contributed by atoms with van der Waals surface area (Å²) in [5.74, 6) is 0.574. The van der Waals surface area contributed by atoms with Crippen molar-refractivity contribution in [2.24, 2.45) is 0 Å². The predicted octanol–water partition coefficient (Wildman–Crippen LogP) is 5.14. The summed E-state index contributed by atoms with van der Waals surface area (Å²) in [4.78, 5) is 25.3. The highest BCUT2D eigenvalue weighted by molar-refractivity contribution is 6.32. The third kappa shape index (κ3) is 3.72. The summed E-state index contributed by atoms with van der Waals surface area (Å²) >= 11 is 6.33. The van der Waals surface area contributed by atoms with E-state index in [-0.39, 0.29) is 0 Å². The minimum atomic E-state index is -0.399. The molecule has 5 rings (SSSR count). The van der Waals surface area contributed by atoms with Crippen LogP contribution in [0.5, 0.6) is 11.6 Å². The lowest BCUT2D eigenvalue weighted by Gasteiger charge is -2.16. The number of H-pyrrole nitrogens is 1. The van der Waals surface area contributed by atoms with Gasteiger partial charge in [0.1, 0.15) is 11.1 Å². The molecular weight excluding hydrogens is 444 g/mol. The Morgan fingerprint density at radius 3 is 2.94 bits per heavy atom. The van der Waals surface area contributed by atoms with E-state index < -0.39 is 5.97 Å². The smallest absolute Gasteiger partial charge is 0.342 e. The molecule has 4 aromatic rings. The molecule has 0 spiro atoms. The molecule has 2 N–H and O–H groups in total. The highest BCUT2D eigenvalue weighted by atomic mass is 35.5. The number of rotatable bonds is 6. The molecular formula is C24H21ClN4O4. The minimum Gasteiger partial charge on any atom is -0.493 e. The summed E-state index contributed by atoms with van der Waals surface area (Å²) in [6.07, 6.45) is 2.28. The summed E-state index contributed by atoms with van der Waals surface area (Å²) in [5.41, 5.74) is 5.23. The number of para-hydroxylation sites is 1. The molecule has 0 unspecified atom stereocenters. The number of ether oxygens (including phenoxy) is 3. The molecule has 0 bridgehead atoms. The quantitative estimate of drug-likeness (QED) is 0.381. The number of benzene rings is 1. The van der Waals surface area contributed by atoms with E-state index in [1.165, 1.54) is 0 Å². The summed E-state index contributed by atoms with van der Waals surface area (Å²) in [7, 11) is 1.55. The summed E-state index contributed by atoms with van der Waals surface area (Å²) < 4.78 is 16.4. The number of carbonyl (C=O) groups is 1. The summed E-state index contributed by atoms with van der Waals surface area (Å²) in [5, 5.41) is 3.81. The second kappa shape index (κ2) is 8.63. The maximum absolute atomic E-state index is 12.8. The fourth-order valence-corrected chi connectivity index (χ4v) is 4.25. The van der Waals surface area contributed by atoms with Crippen LogP contribution in [0.2, 0.25) is 5.02 Å². The van der Waals surface area contributed by atoms with Crippen LogP contribution in [0.15, 0.2) is 42.6 Å². The third-order valence-corrected chi connectivity index (χ3v) is 5.72. The van der Waals surface area contributed by atoms with Crippen molar-refractivity contribution in [3.63, 3.8) is 0 Å². The SMILES string of the molecule is CCOc1ccc2nccc(-c3[nH]c4c(c3Nc3cccc(Cl)c3OC)C(=O)OCC4)c2n1. The Bertz CT molecular complexity index is 1370. The van der Waals surface area contributed by atoms with E-state index in [0.717, 1.165) is 11.3 Å². The van der Waals surface area contributed by atoms with E-state index in [2.05, 4.69) is 20.3 Å². The Morgan fingerprint density at radius 1 is 1.24 bits per heavy atom. The van der Waals surface area contributed by atoms with Crippen LogP contribution in [0.3, 0.4) is 0 Å². The van der Waals surface area contributed by atoms with Gasteiger partial charge in [-0.2, -0.15) is 0 Å². The van der Waals surface area contributed by atoms with E-state index in [1.807, 2.05) is 31.2 Å². The van der Waals surface area contributed by atoms with Crippen LogP contribution in [0.1, 0.15) is 23.0 Å². The van der Waals surface area contributed by atoms with Crippen molar-refractivity contribution in [2.75, 3.05) is 25.6 Å². The Balaban J connectivity index is 1.74. The molecule has 3 aromatic heterocycles. The number of cyclic esters (lactones) is 1. The van der Waals surface area contributed by atoms with Crippen LogP contribution in [0.25, 0.3) is 22.3 Å². The molecule has 8 nitrogen and oxygen atoms in total. The number of carbonyl (C=O) groups excluding carboxylic acids is 1. The van der Waals surface area contributed by atoms with Gasteiger partial charge in [0.15, 0.2) is 5.75 Å². The van der Waals surface area contributed by atoms with E-state index in [0.29, 0.717) is 70.0 Å². The van der Waals surface area contributed by atoms with Crippen molar-refractivity contribution in [1.29, 1.82) is 0 Å². The number of halogens is 1. The lowest BCUT2D eigenvalue weighted by Crippen LogP contribution is -2.17. The average molecular weight is 465 g/mol. The molecule has 168 valence electrons. The Labute approximate surface area is 194 Å². The van der Waals surface area contributed by atoms with Crippen LogP contribution >= 0.6 is 11.6 Å².